The first-order chi connectivity index (χ1) is 10.9. The maximum absolute atomic E-state index is 12.6. The van der Waals surface area contributed by atoms with Crippen molar-refractivity contribution in [3.05, 3.63) is 0 Å². The summed E-state index contributed by atoms with van der Waals surface area (Å²) < 4.78 is 0. The molecule has 0 bridgehead atoms. The first-order valence-electron chi connectivity index (χ1n) is 9.26. The molecule has 1 rings (SSSR count). The lowest BCUT2D eigenvalue weighted by Crippen LogP contribution is -2.58. The van der Waals surface area contributed by atoms with Crippen molar-refractivity contribution in [3.63, 3.8) is 0 Å². The topological polar surface area (TPSA) is 66.6 Å². The molecule has 0 unspecified atom stereocenters. The largest absolute Gasteiger partial charge is 0.338 e. The maximum atomic E-state index is 12.6. The summed E-state index contributed by atoms with van der Waals surface area (Å²) in [6.45, 7) is 16.5. The lowest BCUT2D eigenvalue weighted by molar-refractivity contribution is -0.144. The van der Waals surface area contributed by atoms with Gasteiger partial charge in [-0.2, -0.15) is 0 Å². The van der Waals surface area contributed by atoms with E-state index in [1.54, 1.807) is 0 Å². The van der Waals surface area contributed by atoms with E-state index in [0.29, 0.717) is 32.0 Å². The monoisotopic (exact) mass is 339 g/mol. The van der Waals surface area contributed by atoms with E-state index in [4.69, 9.17) is 5.73 Å². The zero-order valence-corrected chi connectivity index (χ0v) is 16.6. The van der Waals surface area contributed by atoms with Gasteiger partial charge in [0.05, 0.1) is 6.04 Å². The number of hydrogen-bond donors (Lipinski definition) is 1. The molecule has 1 fully saturated rings. The quantitative estimate of drug-likeness (QED) is 0.837. The number of amides is 2. The van der Waals surface area contributed by atoms with Crippen LogP contribution < -0.4 is 5.73 Å². The minimum atomic E-state index is -0.453. The minimum Gasteiger partial charge on any atom is -0.338 e. The molecule has 5 heteroatoms. The van der Waals surface area contributed by atoms with E-state index in [0.717, 1.165) is 6.42 Å². The molecule has 0 aromatic carbocycles. The zero-order valence-electron chi connectivity index (χ0n) is 16.6. The number of rotatable bonds is 5. The fraction of sp³-hybridized carbons (Fsp3) is 0.895. The molecule has 3 atom stereocenters. The van der Waals surface area contributed by atoms with Gasteiger partial charge in [0.15, 0.2) is 0 Å². The lowest BCUT2D eigenvalue weighted by Gasteiger charge is -2.41. The molecule has 1 aliphatic rings. The van der Waals surface area contributed by atoms with Crippen LogP contribution in [0.1, 0.15) is 61.3 Å². The predicted molar refractivity (Wildman–Crippen MR) is 98.4 cm³/mol. The summed E-state index contributed by atoms with van der Waals surface area (Å²) in [5.74, 6) is 0.717. The van der Waals surface area contributed by atoms with Gasteiger partial charge in [-0.25, -0.2) is 0 Å². The molecular weight excluding hydrogens is 302 g/mol. The molecule has 1 saturated heterocycles. The Labute approximate surface area is 147 Å². The second-order valence-electron chi connectivity index (χ2n) is 9.06. The third kappa shape index (κ3) is 6.08. The van der Waals surface area contributed by atoms with Crippen LogP contribution in [0.5, 0.6) is 0 Å². The molecule has 0 aliphatic carbocycles. The molecule has 0 saturated carbocycles. The van der Waals surface area contributed by atoms with Gasteiger partial charge in [0.25, 0.3) is 0 Å². The normalized spacial score (nSPS) is 21.8. The molecule has 140 valence electrons. The predicted octanol–water partition coefficient (Wildman–Crippen LogP) is 2.49. The van der Waals surface area contributed by atoms with Gasteiger partial charge in [0.2, 0.25) is 11.8 Å². The summed E-state index contributed by atoms with van der Waals surface area (Å²) in [6, 6.07) is -0.400. The Hall–Kier alpha value is -1.10. The van der Waals surface area contributed by atoms with Crippen molar-refractivity contribution in [1.82, 2.24) is 9.80 Å². The second-order valence-corrected chi connectivity index (χ2v) is 9.06. The van der Waals surface area contributed by atoms with Gasteiger partial charge >= 0.3 is 0 Å². The third-order valence-electron chi connectivity index (χ3n) is 4.75. The van der Waals surface area contributed by atoms with Gasteiger partial charge in [-0.15, -0.1) is 0 Å². The number of nitrogens with zero attached hydrogens (tertiary/aromatic N) is 2. The molecule has 2 N–H and O–H groups in total. The summed E-state index contributed by atoms with van der Waals surface area (Å²) in [4.78, 5) is 28.8. The molecule has 1 heterocycles. The lowest BCUT2D eigenvalue weighted by atomic mass is 9.84. The van der Waals surface area contributed by atoms with Crippen LogP contribution in [0.3, 0.4) is 0 Å². The van der Waals surface area contributed by atoms with Gasteiger partial charge in [-0.3, -0.25) is 9.59 Å². The van der Waals surface area contributed by atoms with Crippen molar-refractivity contribution in [2.45, 2.75) is 73.4 Å². The van der Waals surface area contributed by atoms with Gasteiger partial charge in [0.1, 0.15) is 0 Å². The van der Waals surface area contributed by atoms with Crippen LogP contribution in [-0.2, 0) is 9.59 Å². The smallest absolute Gasteiger partial charge is 0.239 e. The van der Waals surface area contributed by atoms with Crippen molar-refractivity contribution < 1.29 is 9.59 Å². The van der Waals surface area contributed by atoms with Crippen molar-refractivity contribution in [3.8, 4) is 0 Å². The van der Waals surface area contributed by atoms with E-state index in [1.165, 1.54) is 0 Å². The standard InChI is InChI=1S/C19H37N3O2/c1-13(2)17(20)18(24)21-8-9-22(15(4)12-21)16(23)10-14(3)11-19(5,6)7/h13-15,17H,8-12,20H2,1-7H3/t14-,15-,17-/m1/s1. The van der Waals surface area contributed by atoms with Gasteiger partial charge in [-0.05, 0) is 30.6 Å². The van der Waals surface area contributed by atoms with Crippen LogP contribution >= 0.6 is 0 Å². The van der Waals surface area contributed by atoms with Crippen molar-refractivity contribution >= 4 is 11.8 Å². The zero-order chi connectivity index (χ0) is 18.7. The first kappa shape index (κ1) is 20.9. The second kappa shape index (κ2) is 8.32. The minimum absolute atomic E-state index is 0.00468. The highest BCUT2D eigenvalue weighted by atomic mass is 16.2. The van der Waals surface area contributed by atoms with Crippen LogP contribution in [-0.4, -0.2) is 53.3 Å². The summed E-state index contributed by atoms with van der Waals surface area (Å²) in [5, 5.41) is 0. The average Bonchev–Trinajstić information content (AvgIpc) is 2.42. The molecule has 0 spiro atoms. The molecule has 0 radical (unpaired) electrons. The Morgan fingerprint density at radius 3 is 2.21 bits per heavy atom. The average molecular weight is 340 g/mol. The molecular formula is C19H37N3O2. The number of piperazine rings is 1. The Bertz CT molecular complexity index is 442. The Morgan fingerprint density at radius 2 is 1.75 bits per heavy atom. The maximum Gasteiger partial charge on any atom is 0.239 e. The third-order valence-corrected chi connectivity index (χ3v) is 4.75. The van der Waals surface area contributed by atoms with Crippen LogP contribution in [0.2, 0.25) is 0 Å². The van der Waals surface area contributed by atoms with Crippen molar-refractivity contribution in [2.75, 3.05) is 19.6 Å². The van der Waals surface area contributed by atoms with E-state index in [9.17, 15) is 9.59 Å². The highest BCUT2D eigenvalue weighted by Crippen LogP contribution is 2.27. The van der Waals surface area contributed by atoms with Gasteiger partial charge in [0, 0.05) is 32.1 Å². The van der Waals surface area contributed by atoms with Crippen LogP contribution in [0.4, 0.5) is 0 Å². The number of carbonyl (C=O) groups is 2. The molecule has 0 aromatic heterocycles. The number of hydrogen-bond acceptors (Lipinski definition) is 3. The van der Waals surface area contributed by atoms with Crippen LogP contribution in [0, 0.1) is 17.3 Å². The van der Waals surface area contributed by atoms with E-state index >= 15 is 0 Å². The SMILES string of the molecule is CC(C)[C@@H](N)C(=O)N1CCN(C(=O)C[C@@H](C)CC(C)(C)C)[C@H](C)C1. The Kier molecular flexibility index (Phi) is 7.26. The fourth-order valence-electron chi connectivity index (χ4n) is 3.56. The Balaban J connectivity index is 2.57. The number of nitrogens with two attached hydrogens (primary N) is 1. The van der Waals surface area contributed by atoms with E-state index in [1.807, 2.05) is 30.6 Å². The summed E-state index contributed by atoms with van der Waals surface area (Å²) in [7, 11) is 0. The fourth-order valence-corrected chi connectivity index (χ4v) is 3.56. The molecule has 2 amide bonds. The molecule has 5 nitrogen and oxygen atoms in total. The molecule has 24 heavy (non-hydrogen) atoms. The van der Waals surface area contributed by atoms with Gasteiger partial charge in [-0.1, -0.05) is 41.5 Å². The van der Waals surface area contributed by atoms with E-state index in [2.05, 4.69) is 27.7 Å². The van der Waals surface area contributed by atoms with Crippen LogP contribution in [0.15, 0.2) is 0 Å². The van der Waals surface area contributed by atoms with E-state index < -0.39 is 6.04 Å². The summed E-state index contributed by atoms with van der Waals surface area (Å²) in [6.07, 6.45) is 1.62. The van der Waals surface area contributed by atoms with Crippen LogP contribution in [0.25, 0.3) is 0 Å². The highest BCUT2D eigenvalue weighted by molar-refractivity contribution is 5.82. The van der Waals surface area contributed by atoms with Gasteiger partial charge < -0.3 is 15.5 Å². The molecule has 1 aliphatic heterocycles. The summed E-state index contributed by atoms with van der Waals surface area (Å²) in [5.41, 5.74) is 6.22. The number of carbonyl (C=O) groups excluding carboxylic acids is 2. The van der Waals surface area contributed by atoms with E-state index in [-0.39, 0.29) is 29.2 Å². The Morgan fingerprint density at radius 1 is 1.17 bits per heavy atom. The molecule has 0 aromatic rings. The first-order valence-corrected chi connectivity index (χ1v) is 9.26. The van der Waals surface area contributed by atoms with Crippen molar-refractivity contribution in [1.29, 1.82) is 0 Å². The highest BCUT2D eigenvalue weighted by Gasteiger charge is 2.33. The van der Waals surface area contributed by atoms with Crippen molar-refractivity contribution in [2.24, 2.45) is 23.0 Å². The summed E-state index contributed by atoms with van der Waals surface area (Å²) >= 11 is 0.